The van der Waals surface area contributed by atoms with Crippen molar-refractivity contribution in [2.24, 2.45) is 0 Å². The van der Waals surface area contributed by atoms with E-state index in [2.05, 4.69) is 22.1 Å². The van der Waals surface area contributed by atoms with Gasteiger partial charge in [0.15, 0.2) is 0 Å². The van der Waals surface area contributed by atoms with Crippen molar-refractivity contribution < 1.29 is 0 Å². The van der Waals surface area contributed by atoms with Crippen LogP contribution in [0.5, 0.6) is 0 Å². The molecule has 0 N–H and O–H groups in total. The molecular weight excluding hydrogens is 224 g/mol. The normalized spacial score (nSPS) is 10.7. The molecule has 4 nitrogen and oxygen atoms in total. The van der Waals surface area contributed by atoms with Gasteiger partial charge in [-0.05, 0) is 36.6 Å². The summed E-state index contributed by atoms with van der Waals surface area (Å²) in [7, 11) is 0. The van der Waals surface area contributed by atoms with Crippen molar-refractivity contribution >= 4 is 11.6 Å². The number of hydrogen-bond donors (Lipinski definition) is 0. The Balaban J connectivity index is 2.54. The van der Waals surface area contributed by atoms with E-state index in [0.717, 1.165) is 29.9 Å². The van der Waals surface area contributed by atoms with E-state index < -0.39 is 0 Å². The summed E-state index contributed by atoms with van der Waals surface area (Å²) >= 11 is 6.05. The van der Waals surface area contributed by atoms with Crippen LogP contribution in [0.4, 0.5) is 0 Å². The van der Waals surface area contributed by atoms with Crippen LogP contribution in [0.15, 0.2) is 18.5 Å². The van der Waals surface area contributed by atoms with Crippen LogP contribution in [0.25, 0.3) is 5.69 Å². The molecule has 0 saturated heterocycles. The van der Waals surface area contributed by atoms with Crippen molar-refractivity contribution in [3.8, 4) is 5.69 Å². The highest BCUT2D eigenvalue weighted by molar-refractivity contribution is 6.28. The highest BCUT2D eigenvalue weighted by Crippen LogP contribution is 2.19. The van der Waals surface area contributed by atoms with E-state index in [4.69, 9.17) is 11.6 Å². The fourth-order valence-electron chi connectivity index (χ4n) is 1.61. The monoisotopic (exact) mass is 236 g/mol. The Kier molecular flexibility index (Phi) is 3.19. The third-order valence-corrected chi connectivity index (χ3v) is 2.66. The molecule has 5 heteroatoms. The van der Waals surface area contributed by atoms with Gasteiger partial charge in [-0.25, -0.2) is 0 Å². The molecular formula is C11H13ClN4. The van der Waals surface area contributed by atoms with Crippen molar-refractivity contribution in [3.63, 3.8) is 0 Å². The number of aromatic nitrogens is 4. The number of halogens is 1. The van der Waals surface area contributed by atoms with E-state index in [-0.39, 0.29) is 0 Å². The highest BCUT2D eigenvalue weighted by Gasteiger charge is 2.12. The van der Waals surface area contributed by atoms with Crippen LogP contribution in [0.1, 0.15) is 24.7 Å². The van der Waals surface area contributed by atoms with Gasteiger partial charge in [0.2, 0.25) is 5.28 Å². The molecule has 16 heavy (non-hydrogen) atoms. The Morgan fingerprint density at radius 3 is 2.88 bits per heavy atom. The van der Waals surface area contributed by atoms with Crippen LogP contribution in [-0.2, 0) is 6.42 Å². The molecule has 84 valence electrons. The highest BCUT2D eigenvalue weighted by atomic mass is 35.5. The van der Waals surface area contributed by atoms with Crippen molar-refractivity contribution in [3.05, 3.63) is 35.1 Å². The lowest BCUT2D eigenvalue weighted by molar-refractivity contribution is 0.799. The Labute approximate surface area is 99.3 Å². The molecule has 2 aromatic heterocycles. The number of pyridine rings is 1. The fourth-order valence-corrected chi connectivity index (χ4v) is 1.83. The van der Waals surface area contributed by atoms with E-state index in [9.17, 15) is 0 Å². The first kappa shape index (κ1) is 11.1. The van der Waals surface area contributed by atoms with Gasteiger partial charge in [-0.3, -0.25) is 9.55 Å². The predicted octanol–water partition coefficient (Wildman–Crippen LogP) is 2.58. The molecule has 2 heterocycles. The molecule has 0 aliphatic heterocycles. The Morgan fingerprint density at radius 2 is 2.19 bits per heavy atom. The molecule has 0 aliphatic rings. The first-order chi connectivity index (χ1) is 7.74. The van der Waals surface area contributed by atoms with Crippen molar-refractivity contribution in [2.75, 3.05) is 0 Å². The lowest BCUT2D eigenvalue weighted by Crippen LogP contribution is -2.03. The zero-order valence-electron chi connectivity index (χ0n) is 9.31. The second-order valence-corrected chi connectivity index (χ2v) is 3.97. The van der Waals surface area contributed by atoms with Crippen LogP contribution < -0.4 is 0 Å². The lowest BCUT2D eigenvalue weighted by Gasteiger charge is -2.09. The fraction of sp³-hybridized carbons (Fsp3) is 0.364. The Bertz CT molecular complexity index is 492. The van der Waals surface area contributed by atoms with E-state index in [1.54, 1.807) is 12.4 Å². The maximum atomic E-state index is 6.05. The molecule has 0 bridgehead atoms. The van der Waals surface area contributed by atoms with Gasteiger partial charge in [-0.1, -0.05) is 6.92 Å². The zero-order valence-corrected chi connectivity index (χ0v) is 10.1. The summed E-state index contributed by atoms with van der Waals surface area (Å²) in [6.45, 7) is 4.12. The Morgan fingerprint density at radius 1 is 1.38 bits per heavy atom. The largest absolute Gasteiger partial charge is 0.268 e. The maximum absolute atomic E-state index is 6.05. The number of rotatable bonds is 3. The topological polar surface area (TPSA) is 43.6 Å². The molecule has 2 rings (SSSR count). The average Bonchev–Trinajstić information content (AvgIpc) is 2.62. The van der Waals surface area contributed by atoms with Gasteiger partial charge in [-0.15, -0.1) is 10.2 Å². The summed E-state index contributed by atoms with van der Waals surface area (Å²) < 4.78 is 1.85. The molecule has 0 spiro atoms. The predicted molar refractivity (Wildman–Crippen MR) is 62.9 cm³/mol. The van der Waals surface area contributed by atoms with Crippen LogP contribution >= 0.6 is 11.6 Å². The van der Waals surface area contributed by atoms with Gasteiger partial charge in [-0.2, -0.15) is 0 Å². The summed E-state index contributed by atoms with van der Waals surface area (Å²) in [5.41, 5.74) is 2.05. The summed E-state index contributed by atoms with van der Waals surface area (Å²) in [6.07, 6.45) is 5.41. The van der Waals surface area contributed by atoms with Crippen LogP contribution in [0.2, 0.25) is 5.28 Å². The first-order valence-corrected chi connectivity index (χ1v) is 5.62. The smallest absolute Gasteiger partial charge is 0.229 e. The van der Waals surface area contributed by atoms with Gasteiger partial charge in [0, 0.05) is 12.6 Å². The van der Waals surface area contributed by atoms with Gasteiger partial charge >= 0.3 is 0 Å². The van der Waals surface area contributed by atoms with E-state index >= 15 is 0 Å². The summed E-state index contributed by atoms with van der Waals surface area (Å²) in [5.74, 6) is 0.878. The standard InChI is InChI=1S/C11H13ClN4/c1-3-4-10-14-15-11(12)16(10)9-7-13-6-5-8(9)2/h5-7H,3-4H2,1-2H3. The molecule has 0 aromatic carbocycles. The van der Waals surface area contributed by atoms with Crippen molar-refractivity contribution in [2.45, 2.75) is 26.7 Å². The quantitative estimate of drug-likeness (QED) is 0.823. The second-order valence-electron chi connectivity index (χ2n) is 3.63. The molecule has 0 saturated carbocycles. The van der Waals surface area contributed by atoms with E-state index in [1.807, 2.05) is 17.6 Å². The minimum absolute atomic E-state index is 0.388. The van der Waals surface area contributed by atoms with Crippen LogP contribution in [0.3, 0.4) is 0 Å². The van der Waals surface area contributed by atoms with Crippen LogP contribution in [-0.4, -0.2) is 19.7 Å². The second kappa shape index (κ2) is 4.61. The van der Waals surface area contributed by atoms with E-state index in [0.29, 0.717) is 5.28 Å². The third kappa shape index (κ3) is 1.93. The summed E-state index contributed by atoms with van der Waals surface area (Å²) in [6, 6.07) is 1.95. The molecule has 0 fully saturated rings. The number of nitrogens with zero attached hydrogens (tertiary/aromatic N) is 4. The minimum atomic E-state index is 0.388. The molecule has 2 aromatic rings. The molecule has 0 atom stereocenters. The molecule has 0 amide bonds. The number of aryl methyl sites for hydroxylation is 2. The van der Waals surface area contributed by atoms with Crippen molar-refractivity contribution in [1.82, 2.24) is 19.7 Å². The van der Waals surface area contributed by atoms with Gasteiger partial charge < -0.3 is 0 Å². The molecule has 0 radical (unpaired) electrons. The Hall–Kier alpha value is -1.42. The zero-order chi connectivity index (χ0) is 11.5. The number of hydrogen-bond acceptors (Lipinski definition) is 3. The average molecular weight is 237 g/mol. The minimum Gasteiger partial charge on any atom is -0.268 e. The van der Waals surface area contributed by atoms with Gasteiger partial charge in [0.25, 0.3) is 0 Å². The maximum Gasteiger partial charge on any atom is 0.229 e. The summed E-state index contributed by atoms with van der Waals surface area (Å²) in [4.78, 5) is 4.11. The molecule has 0 aliphatic carbocycles. The van der Waals surface area contributed by atoms with Gasteiger partial charge in [0.1, 0.15) is 5.82 Å². The summed E-state index contributed by atoms with van der Waals surface area (Å²) in [5, 5.41) is 8.37. The van der Waals surface area contributed by atoms with E-state index in [1.165, 1.54) is 0 Å². The van der Waals surface area contributed by atoms with Gasteiger partial charge in [0.05, 0.1) is 11.9 Å². The van der Waals surface area contributed by atoms with Crippen molar-refractivity contribution in [1.29, 1.82) is 0 Å². The lowest BCUT2D eigenvalue weighted by atomic mass is 10.2. The SMILES string of the molecule is CCCc1nnc(Cl)n1-c1cnccc1C. The first-order valence-electron chi connectivity index (χ1n) is 5.24. The molecule has 0 unspecified atom stereocenters. The van der Waals surface area contributed by atoms with Crippen LogP contribution in [0, 0.1) is 6.92 Å². The third-order valence-electron chi connectivity index (χ3n) is 2.42.